The molecule has 2 aromatic carbocycles. The summed E-state index contributed by atoms with van der Waals surface area (Å²) in [5.41, 5.74) is 3.22. The van der Waals surface area contributed by atoms with Crippen LogP contribution in [0.5, 0.6) is 0 Å². The largest absolute Gasteiger partial charge is 0.455 e. The van der Waals surface area contributed by atoms with Gasteiger partial charge in [0.25, 0.3) is 11.6 Å². The van der Waals surface area contributed by atoms with E-state index in [9.17, 15) is 14.9 Å². The Morgan fingerprint density at radius 3 is 2.48 bits per heavy atom. The number of halogens is 2. The van der Waals surface area contributed by atoms with Crippen LogP contribution in [0.1, 0.15) is 16.1 Å². The zero-order chi connectivity index (χ0) is 19.4. The highest BCUT2D eigenvalue weighted by molar-refractivity contribution is 6.42. The Kier molecular flexibility index (Phi) is 5.54. The maximum atomic E-state index is 12.0. The van der Waals surface area contributed by atoms with Gasteiger partial charge < -0.3 is 4.42 Å². The van der Waals surface area contributed by atoms with Crippen molar-refractivity contribution < 1.29 is 14.1 Å². The van der Waals surface area contributed by atoms with Gasteiger partial charge in [-0.1, -0.05) is 23.2 Å². The maximum Gasteiger partial charge on any atom is 0.271 e. The fourth-order valence-electron chi connectivity index (χ4n) is 2.18. The summed E-state index contributed by atoms with van der Waals surface area (Å²) in [4.78, 5) is 22.0. The van der Waals surface area contributed by atoms with E-state index in [0.717, 1.165) is 5.56 Å². The first-order chi connectivity index (χ1) is 12.9. The lowest BCUT2D eigenvalue weighted by atomic mass is 10.2. The molecule has 0 aliphatic heterocycles. The molecule has 0 atom stereocenters. The molecule has 136 valence electrons. The van der Waals surface area contributed by atoms with Crippen LogP contribution in [-0.2, 0) is 0 Å². The molecule has 9 heteroatoms. The van der Waals surface area contributed by atoms with Gasteiger partial charge >= 0.3 is 0 Å². The molecule has 0 spiro atoms. The smallest absolute Gasteiger partial charge is 0.271 e. The summed E-state index contributed by atoms with van der Waals surface area (Å²) < 4.78 is 5.62. The van der Waals surface area contributed by atoms with Gasteiger partial charge in [-0.15, -0.1) is 0 Å². The van der Waals surface area contributed by atoms with Crippen molar-refractivity contribution >= 4 is 41.0 Å². The molecule has 1 amide bonds. The van der Waals surface area contributed by atoms with E-state index >= 15 is 0 Å². The highest BCUT2D eigenvalue weighted by Crippen LogP contribution is 2.29. The van der Waals surface area contributed by atoms with Crippen molar-refractivity contribution in [2.24, 2.45) is 5.10 Å². The average Bonchev–Trinajstić information content (AvgIpc) is 3.13. The van der Waals surface area contributed by atoms with Crippen LogP contribution in [0.4, 0.5) is 5.69 Å². The molecule has 0 fully saturated rings. The number of nitro benzene ring substituents is 1. The Morgan fingerprint density at radius 2 is 1.81 bits per heavy atom. The van der Waals surface area contributed by atoms with Crippen LogP contribution in [0, 0.1) is 10.1 Å². The fourth-order valence-corrected chi connectivity index (χ4v) is 2.48. The number of amides is 1. The third kappa shape index (κ3) is 4.52. The second-order valence-electron chi connectivity index (χ2n) is 5.33. The number of benzene rings is 2. The van der Waals surface area contributed by atoms with E-state index < -0.39 is 10.8 Å². The van der Waals surface area contributed by atoms with Crippen LogP contribution in [0.15, 0.2) is 64.1 Å². The molecule has 0 aliphatic carbocycles. The topological polar surface area (TPSA) is 97.7 Å². The van der Waals surface area contributed by atoms with Crippen molar-refractivity contribution in [3.05, 3.63) is 86.1 Å². The zero-order valence-corrected chi connectivity index (χ0v) is 15.1. The van der Waals surface area contributed by atoms with Crippen LogP contribution < -0.4 is 5.43 Å². The van der Waals surface area contributed by atoms with E-state index in [1.165, 1.54) is 30.5 Å². The van der Waals surface area contributed by atoms with Crippen molar-refractivity contribution in [3.63, 3.8) is 0 Å². The first-order valence-electron chi connectivity index (χ1n) is 7.57. The average molecular weight is 404 g/mol. The Bertz CT molecular complexity index is 1030. The molecule has 1 heterocycles. The molecule has 1 aromatic heterocycles. The summed E-state index contributed by atoms with van der Waals surface area (Å²) >= 11 is 11.9. The summed E-state index contributed by atoms with van der Waals surface area (Å²) in [5.74, 6) is 0.481. The lowest BCUT2D eigenvalue weighted by molar-refractivity contribution is -0.384. The van der Waals surface area contributed by atoms with Crippen LogP contribution in [0.25, 0.3) is 11.3 Å². The molecule has 3 aromatic rings. The lowest BCUT2D eigenvalue weighted by Gasteiger charge is -2.00. The van der Waals surface area contributed by atoms with Crippen LogP contribution in [0.2, 0.25) is 10.0 Å². The molecule has 0 saturated heterocycles. The number of nitrogens with one attached hydrogen (secondary N) is 1. The van der Waals surface area contributed by atoms with Gasteiger partial charge in [0.05, 0.1) is 21.2 Å². The summed E-state index contributed by atoms with van der Waals surface area (Å²) in [6, 6.07) is 13.7. The van der Waals surface area contributed by atoms with E-state index in [1.54, 1.807) is 30.3 Å². The highest BCUT2D eigenvalue weighted by Gasteiger charge is 2.09. The standard InChI is InChI=1S/C18H11Cl2N3O4/c19-15-7-3-12(9-16(15)20)17-8-6-14(27-17)10-21-22-18(24)11-1-4-13(5-2-11)23(25)26/h1-10H,(H,22,24)/b21-10+. The van der Waals surface area contributed by atoms with Gasteiger partial charge in [-0.3, -0.25) is 14.9 Å². The molecule has 0 aliphatic rings. The van der Waals surface area contributed by atoms with Crippen molar-refractivity contribution in [3.8, 4) is 11.3 Å². The van der Waals surface area contributed by atoms with Crippen LogP contribution in [-0.4, -0.2) is 17.0 Å². The Balaban J connectivity index is 1.64. The Labute approximate surface area is 163 Å². The molecule has 0 radical (unpaired) electrons. The van der Waals surface area contributed by atoms with Crippen LogP contribution in [0.3, 0.4) is 0 Å². The third-order valence-corrected chi connectivity index (χ3v) is 4.27. The van der Waals surface area contributed by atoms with Crippen molar-refractivity contribution in [2.75, 3.05) is 0 Å². The fraction of sp³-hybridized carbons (Fsp3) is 0. The summed E-state index contributed by atoms with van der Waals surface area (Å²) in [7, 11) is 0. The molecule has 0 unspecified atom stereocenters. The minimum atomic E-state index is -0.539. The number of nitro groups is 1. The van der Waals surface area contributed by atoms with E-state index in [4.69, 9.17) is 27.6 Å². The molecular weight excluding hydrogens is 393 g/mol. The van der Waals surface area contributed by atoms with E-state index in [-0.39, 0.29) is 11.3 Å². The number of furan rings is 1. The predicted molar refractivity (Wildman–Crippen MR) is 102 cm³/mol. The predicted octanol–water partition coefficient (Wildman–Crippen LogP) is 4.93. The van der Waals surface area contributed by atoms with Crippen molar-refractivity contribution in [2.45, 2.75) is 0 Å². The van der Waals surface area contributed by atoms with E-state index in [1.807, 2.05) is 0 Å². The number of carbonyl (C=O) groups is 1. The lowest BCUT2D eigenvalue weighted by Crippen LogP contribution is -2.17. The van der Waals surface area contributed by atoms with Gasteiger partial charge in [0.1, 0.15) is 11.5 Å². The number of rotatable bonds is 5. The zero-order valence-electron chi connectivity index (χ0n) is 13.6. The molecule has 1 N–H and O–H groups in total. The molecule has 7 nitrogen and oxygen atoms in total. The van der Waals surface area contributed by atoms with Gasteiger partial charge in [-0.25, -0.2) is 5.43 Å². The minimum absolute atomic E-state index is 0.0968. The van der Waals surface area contributed by atoms with Crippen molar-refractivity contribution in [1.82, 2.24) is 5.43 Å². The number of hydrogen-bond acceptors (Lipinski definition) is 5. The Hall–Kier alpha value is -3.16. The van der Waals surface area contributed by atoms with Gasteiger partial charge in [-0.2, -0.15) is 5.10 Å². The summed E-state index contributed by atoms with van der Waals surface area (Å²) in [6.07, 6.45) is 1.34. The number of hydrazone groups is 1. The van der Waals surface area contributed by atoms with Gasteiger partial charge in [0, 0.05) is 23.3 Å². The monoisotopic (exact) mass is 403 g/mol. The van der Waals surface area contributed by atoms with Gasteiger partial charge in [0.2, 0.25) is 0 Å². The molecule has 27 heavy (non-hydrogen) atoms. The van der Waals surface area contributed by atoms with E-state index in [0.29, 0.717) is 21.6 Å². The Morgan fingerprint density at radius 1 is 1.07 bits per heavy atom. The normalized spacial score (nSPS) is 10.9. The highest BCUT2D eigenvalue weighted by atomic mass is 35.5. The minimum Gasteiger partial charge on any atom is -0.455 e. The third-order valence-electron chi connectivity index (χ3n) is 3.53. The molecule has 0 saturated carbocycles. The first-order valence-corrected chi connectivity index (χ1v) is 8.33. The second kappa shape index (κ2) is 8.03. The number of hydrogen-bond donors (Lipinski definition) is 1. The first kappa shape index (κ1) is 18.6. The second-order valence-corrected chi connectivity index (χ2v) is 6.15. The molecule has 0 bridgehead atoms. The molecular formula is C18H11Cl2N3O4. The van der Waals surface area contributed by atoms with Crippen LogP contribution >= 0.6 is 23.2 Å². The summed E-state index contributed by atoms with van der Waals surface area (Å²) in [6.45, 7) is 0. The quantitative estimate of drug-likeness (QED) is 0.371. The van der Waals surface area contributed by atoms with Gasteiger partial charge in [-0.05, 0) is 42.5 Å². The maximum absolute atomic E-state index is 12.0. The van der Waals surface area contributed by atoms with Gasteiger partial charge in [0.15, 0.2) is 0 Å². The van der Waals surface area contributed by atoms with Crippen molar-refractivity contribution in [1.29, 1.82) is 0 Å². The number of non-ortho nitro benzene ring substituents is 1. The number of nitrogens with zero attached hydrogens (tertiary/aromatic N) is 2. The van der Waals surface area contributed by atoms with E-state index in [2.05, 4.69) is 10.5 Å². The SMILES string of the molecule is O=C(N/N=C/c1ccc(-c2ccc(Cl)c(Cl)c2)o1)c1ccc([N+](=O)[O-])cc1. The molecule has 3 rings (SSSR count). The number of carbonyl (C=O) groups excluding carboxylic acids is 1. The summed E-state index contributed by atoms with van der Waals surface area (Å²) in [5, 5.41) is 15.3.